The third-order valence-corrected chi connectivity index (χ3v) is 5.06. The Labute approximate surface area is 147 Å². The van der Waals surface area contributed by atoms with Crippen molar-refractivity contribution in [3.8, 4) is 0 Å². The molecule has 6 nitrogen and oxygen atoms in total. The number of hydrogen-bond donors (Lipinski definition) is 0. The molecule has 0 bridgehead atoms. The van der Waals surface area contributed by atoms with Crippen LogP contribution in [0.1, 0.15) is 49.4 Å². The van der Waals surface area contributed by atoms with Crippen LogP contribution in [0.5, 0.6) is 0 Å². The van der Waals surface area contributed by atoms with Crippen molar-refractivity contribution in [2.24, 2.45) is 0 Å². The first-order valence-corrected chi connectivity index (χ1v) is 9.05. The number of carbonyl (C=O) groups is 1. The van der Waals surface area contributed by atoms with Gasteiger partial charge in [-0.2, -0.15) is 4.98 Å². The van der Waals surface area contributed by atoms with Gasteiger partial charge in [-0.05, 0) is 24.8 Å². The fourth-order valence-electron chi connectivity index (χ4n) is 3.53. The Morgan fingerprint density at radius 3 is 2.80 bits per heavy atom. The highest BCUT2D eigenvalue weighted by atomic mass is 16.5. The van der Waals surface area contributed by atoms with Crippen molar-refractivity contribution in [2.75, 3.05) is 13.1 Å². The van der Waals surface area contributed by atoms with E-state index in [0.717, 1.165) is 44.8 Å². The summed E-state index contributed by atoms with van der Waals surface area (Å²) in [6, 6.07) is 10.7. The Morgan fingerprint density at radius 1 is 1.28 bits per heavy atom. The van der Waals surface area contributed by atoms with E-state index in [2.05, 4.69) is 39.3 Å². The van der Waals surface area contributed by atoms with Crippen LogP contribution >= 0.6 is 0 Å². The first kappa shape index (κ1) is 16.3. The number of aromatic nitrogens is 2. The normalized spacial score (nSPS) is 20.8. The number of carbonyl (C=O) groups excluding carboxylic acids is 1. The zero-order valence-corrected chi connectivity index (χ0v) is 14.6. The van der Waals surface area contributed by atoms with Crippen LogP contribution in [0.4, 0.5) is 0 Å². The van der Waals surface area contributed by atoms with Crippen LogP contribution in [0.25, 0.3) is 0 Å². The molecular weight excluding hydrogens is 316 g/mol. The first-order valence-electron chi connectivity index (χ1n) is 9.05. The van der Waals surface area contributed by atoms with E-state index in [1.807, 2.05) is 11.0 Å². The quantitative estimate of drug-likeness (QED) is 0.809. The summed E-state index contributed by atoms with van der Waals surface area (Å²) >= 11 is 0. The van der Waals surface area contributed by atoms with Gasteiger partial charge in [0.15, 0.2) is 5.82 Å². The van der Waals surface area contributed by atoms with Crippen molar-refractivity contribution in [2.45, 2.75) is 51.2 Å². The number of hydrogen-bond acceptors (Lipinski definition) is 5. The summed E-state index contributed by atoms with van der Waals surface area (Å²) in [6.07, 6.45) is 3.25. The molecule has 0 spiro atoms. The van der Waals surface area contributed by atoms with E-state index >= 15 is 0 Å². The largest absolute Gasteiger partial charge is 0.339 e. The highest BCUT2D eigenvalue weighted by molar-refractivity contribution is 5.73. The second kappa shape index (κ2) is 6.96. The second-order valence-electron chi connectivity index (χ2n) is 7.13. The summed E-state index contributed by atoms with van der Waals surface area (Å²) in [5.41, 5.74) is 1.31. The Balaban J connectivity index is 1.38. The number of likely N-dealkylation sites (tertiary alicyclic amines) is 1. The zero-order valence-electron chi connectivity index (χ0n) is 14.6. The molecule has 0 unspecified atom stereocenters. The molecule has 25 heavy (non-hydrogen) atoms. The van der Waals surface area contributed by atoms with Crippen LogP contribution in [-0.4, -0.2) is 45.0 Å². The Kier molecular flexibility index (Phi) is 4.53. The smallest absolute Gasteiger partial charge is 0.229 e. The van der Waals surface area contributed by atoms with Crippen molar-refractivity contribution in [3.63, 3.8) is 0 Å². The van der Waals surface area contributed by atoms with Crippen molar-refractivity contribution < 1.29 is 9.32 Å². The maximum atomic E-state index is 12.2. The number of benzene rings is 1. The maximum Gasteiger partial charge on any atom is 0.229 e. The number of rotatable bonds is 6. The molecule has 2 aromatic rings. The van der Waals surface area contributed by atoms with Gasteiger partial charge in [0.2, 0.25) is 11.8 Å². The Bertz CT molecular complexity index is 726. The standard InChI is InChI=1S/C19H24N4O2/c1-14(24)23(13-18-20-19(25-21-18)16-7-8-16)17-9-10-22(12-17)11-15-5-3-2-4-6-15/h2-6,16-17H,7-13H2,1H3/t17-/m0/s1. The molecule has 1 amide bonds. The van der Waals surface area contributed by atoms with E-state index < -0.39 is 0 Å². The molecule has 2 heterocycles. The van der Waals surface area contributed by atoms with Gasteiger partial charge in [-0.25, -0.2) is 0 Å². The van der Waals surface area contributed by atoms with E-state index in [1.165, 1.54) is 5.56 Å². The van der Waals surface area contributed by atoms with Crippen molar-refractivity contribution in [3.05, 3.63) is 47.6 Å². The summed E-state index contributed by atoms with van der Waals surface area (Å²) in [4.78, 5) is 20.9. The van der Waals surface area contributed by atoms with Gasteiger partial charge in [0.1, 0.15) is 0 Å². The average Bonchev–Trinajstić information content (AvgIpc) is 3.18. The van der Waals surface area contributed by atoms with Gasteiger partial charge >= 0.3 is 0 Å². The predicted octanol–water partition coefficient (Wildman–Crippen LogP) is 2.57. The molecule has 1 aliphatic carbocycles. The third kappa shape index (κ3) is 3.90. The lowest BCUT2D eigenvalue weighted by Crippen LogP contribution is -2.40. The highest BCUT2D eigenvalue weighted by Gasteiger charge is 2.32. The molecule has 0 N–H and O–H groups in total. The van der Waals surface area contributed by atoms with E-state index in [9.17, 15) is 4.79 Å². The molecule has 1 aromatic carbocycles. The number of nitrogens with zero attached hydrogens (tertiary/aromatic N) is 4. The molecule has 0 radical (unpaired) electrons. The summed E-state index contributed by atoms with van der Waals surface area (Å²) < 4.78 is 5.32. The van der Waals surface area contributed by atoms with Gasteiger partial charge in [-0.15, -0.1) is 0 Å². The molecule has 1 aliphatic heterocycles. The van der Waals surface area contributed by atoms with Crippen LogP contribution in [0.3, 0.4) is 0 Å². The van der Waals surface area contributed by atoms with Gasteiger partial charge in [0.25, 0.3) is 0 Å². The first-order chi connectivity index (χ1) is 12.2. The SMILES string of the molecule is CC(=O)N(Cc1noc(C2CC2)n1)[C@H]1CCN(Cc2ccccc2)C1. The molecule has 132 valence electrons. The molecule has 6 heteroatoms. The monoisotopic (exact) mass is 340 g/mol. The van der Waals surface area contributed by atoms with Crippen molar-refractivity contribution >= 4 is 5.91 Å². The van der Waals surface area contributed by atoms with Gasteiger partial charge in [-0.3, -0.25) is 9.69 Å². The summed E-state index contributed by atoms with van der Waals surface area (Å²) in [7, 11) is 0. The Morgan fingerprint density at radius 2 is 2.08 bits per heavy atom. The molecule has 1 atom stereocenters. The van der Waals surface area contributed by atoms with Crippen LogP contribution in [0.15, 0.2) is 34.9 Å². The topological polar surface area (TPSA) is 62.5 Å². The molecule has 1 saturated heterocycles. The summed E-state index contributed by atoms with van der Waals surface area (Å²) in [5.74, 6) is 1.87. The van der Waals surface area contributed by atoms with Gasteiger partial charge in [0, 0.05) is 38.5 Å². The van der Waals surface area contributed by atoms with Gasteiger partial charge in [0.05, 0.1) is 6.54 Å². The molecule has 1 aromatic heterocycles. The van der Waals surface area contributed by atoms with E-state index in [1.54, 1.807) is 6.92 Å². The van der Waals surface area contributed by atoms with Crippen LogP contribution in [0.2, 0.25) is 0 Å². The highest BCUT2D eigenvalue weighted by Crippen LogP contribution is 2.38. The van der Waals surface area contributed by atoms with Crippen LogP contribution < -0.4 is 0 Å². The molecule has 4 rings (SSSR count). The zero-order chi connectivity index (χ0) is 17.2. The molecular formula is C19H24N4O2. The lowest BCUT2D eigenvalue weighted by molar-refractivity contribution is -0.131. The number of amides is 1. The second-order valence-corrected chi connectivity index (χ2v) is 7.13. The Hall–Kier alpha value is -2.21. The van der Waals surface area contributed by atoms with Gasteiger partial charge < -0.3 is 9.42 Å². The molecule has 2 aliphatic rings. The fraction of sp³-hybridized carbons (Fsp3) is 0.526. The maximum absolute atomic E-state index is 12.2. The lowest BCUT2D eigenvalue weighted by Gasteiger charge is -2.27. The minimum Gasteiger partial charge on any atom is -0.339 e. The van der Waals surface area contributed by atoms with E-state index in [-0.39, 0.29) is 11.9 Å². The van der Waals surface area contributed by atoms with Crippen molar-refractivity contribution in [1.82, 2.24) is 19.9 Å². The molecule has 2 fully saturated rings. The summed E-state index contributed by atoms with van der Waals surface area (Å²) in [6.45, 7) is 4.89. The lowest BCUT2D eigenvalue weighted by atomic mass is 10.2. The van der Waals surface area contributed by atoms with E-state index in [4.69, 9.17) is 4.52 Å². The van der Waals surface area contributed by atoms with Crippen LogP contribution in [-0.2, 0) is 17.9 Å². The summed E-state index contributed by atoms with van der Waals surface area (Å²) in [5, 5.41) is 4.06. The third-order valence-electron chi connectivity index (χ3n) is 5.06. The van der Waals surface area contributed by atoms with E-state index in [0.29, 0.717) is 18.3 Å². The average molecular weight is 340 g/mol. The molecule has 1 saturated carbocycles. The van der Waals surface area contributed by atoms with Crippen molar-refractivity contribution in [1.29, 1.82) is 0 Å². The van der Waals surface area contributed by atoms with Gasteiger partial charge in [-0.1, -0.05) is 35.5 Å². The minimum absolute atomic E-state index is 0.0735. The van der Waals surface area contributed by atoms with Crippen LogP contribution in [0, 0.1) is 0 Å². The fourth-order valence-corrected chi connectivity index (χ4v) is 3.53. The minimum atomic E-state index is 0.0735. The predicted molar refractivity (Wildman–Crippen MR) is 92.6 cm³/mol.